The highest BCUT2D eigenvalue weighted by Gasteiger charge is 2.04. The number of halogens is 1. The Bertz CT molecular complexity index is 329. The molecule has 0 amide bonds. The molecule has 1 aromatic rings. The van der Waals surface area contributed by atoms with Crippen LogP contribution in [0, 0.1) is 0 Å². The van der Waals surface area contributed by atoms with Crippen molar-refractivity contribution in [1.29, 1.82) is 0 Å². The van der Waals surface area contributed by atoms with Crippen LogP contribution in [0.4, 0.5) is 0 Å². The molecule has 1 aromatic carbocycles. The summed E-state index contributed by atoms with van der Waals surface area (Å²) in [4.78, 5) is 0. The van der Waals surface area contributed by atoms with Crippen molar-refractivity contribution in [3.8, 4) is 5.75 Å². The zero-order valence-electron chi connectivity index (χ0n) is 9.66. The van der Waals surface area contributed by atoms with Crippen LogP contribution in [0.3, 0.4) is 0 Å². The van der Waals surface area contributed by atoms with E-state index in [1.807, 2.05) is 25.2 Å². The molecule has 1 rings (SSSR count). The zero-order valence-corrected chi connectivity index (χ0v) is 11.3. The third-order valence-electron chi connectivity index (χ3n) is 2.18. The van der Waals surface area contributed by atoms with Gasteiger partial charge in [0, 0.05) is 23.0 Å². The molecule has 0 fully saturated rings. The van der Waals surface area contributed by atoms with Crippen LogP contribution in [0.5, 0.6) is 5.75 Å². The van der Waals surface area contributed by atoms with Gasteiger partial charge in [0.05, 0.1) is 12.7 Å². The van der Waals surface area contributed by atoms with E-state index in [0.717, 1.165) is 22.3 Å². The SMILES string of the molecule is CNCc1cc(Br)ccc1OCCC(C)O. The Morgan fingerprint density at radius 3 is 2.88 bits per heavy atom. The Morgan fingerprint density at radius 2 is 2.25 bits per heavy atom. The van der Waals surface area contributed by atoms with Gasteiger partial charge >= 0.3 is 0 Å². The van der Waals surface area contributed by atoms with Crippen molar-refractivity contribution in [2.75, 3.05) is 13.7 Å². The first kappa shape index (κ1) is 13.5. The summed E-state index contributed by atoms with van der Waals surface area (Å²) >= 11 is 3.43. The molecule has 0 bridgehead atoms. The quantitative estimate of drug-likeness (QED) is 0.844. The molecule has 0 heterocycles. The second-order valence-electron chi connectivity index (χ2n) is 3.77. The van der Waals surface area contributed by atoms with E-state index in [0.29, 0.717) is 13.0 Å². The van der Waals surface area contributed by atoms with Gasteiger partial charge in [-0.2, -0.15) is 0 Å². The molecule has 0 aromatic heterocycles. The predicted octanol–water partition coefficient (Wildman–Crippen LogP) is 2.32. The average molecular weight is 288 g/mol. The van der Waals surface area contributed by atoms with E-state index >= 15 is 0 Å². The predicted molar refractivity (Wildman–Crippen MR) is 68.7 cm³/mol. The molecular weight excluding hydrogens is 270 g/mol. The molecule has 1 atom stereocenters. The van der Waals surface area contributed by atoms with E-state index in [9.17, 15) is 0 Å². The Balaban J connectivity index is 2.63. The Labute approximate surface area is 105 Å². The summed E-state index contributed by atoms with van der Waals surface area (Å²) in [5.74, 6) is 0.873. The van der Waals surface area contributed by atoms with Crippen LogP contribution in [0.25, 0.3) is 0 Å². The molecule has 0 saturated carbocycles. The Morgan fingerprint density at radius 1 is 1.50 bits per heavy atom. The van der Waals surface area contributed by atoms with Crippen molar-refractivity contribution >= 4 is 15.9 Å². The summed E-state index contributed by atoms with van der Waals surface area (Å²) in [6.45, 7) is 3.07. The van der Waals surface area contributed by atoms with Crippen molar-refractivity contribution in [2.24, 2.45) is 0 Å². The normalized spacial score (nSPS) is 12.5. The van der Waals surface area contributed by atoms with E-state index in [4.69, 9.17) is 9.84 Å². The second kappa shape index (κ2) is 6.89. The molecule has 1 unspecified atom stereocenters. The van der Waals surface area contributed by atoms with Gasteiger partial charge in [0.25, 0.3) is 0 Å². The van der Waals surface area contributed by atoms with Gasteiger partial charge in [-0.15, -0.1) is 0 Å². The van der Waals surface area contributed by atoms with Crippen LogP contribution in [0.15, 0.2) is 22.7 Å². The first-order chi connectivity index (χ1) is 7.63. The van der Waals surface area contributed by atoms with Gasteiger partial charge in [-0.1, -0.05) is 15.9 Å². The third-order valence-corrected chi connectivity index (χ3v) is 2.68. The maximum absolute atomic E-state index is 9.15. The van der Waals surface area contributed by atoms with Crippen LogP contribution in [-0.2, 0) is 6.54 Å². The van der Waals surface area contributed by atoms with Crippen LogP contribution in [-0.4, -0.2) is 24.9 Å². The highest BCUT2D eigenvalue weighted by atomic mass is 79.9. The van der Waals surface area contributed by atoms with Gasteiger partial charge in [0.1, 0.15) is 5.75 Å². The van der Waals surface area contributed by atoms with Gasteiger partial charge in [-0.25, -0.2) is 0 Å². The van der Waals surface area contributed by atoms with E-state index in [1.165, 1.54) is 0 Å². The van der Waals surface area contributed by atoms with Crippen molar-refractivity contribution < 1.29 is 9.84 Å². The number of hydrogen-bond acceptors (Lipinski definition) is 3. The van der Waals surface area contributed by atoms with Crippen molar-refractivity contribution in [3.05, 3.63) is 28.2 Å². The largest absolute Gasteiger partial charge is 0.493 e. The maximum Gasteiger partial charge on any atom is 0.123 e. The highest BCUT2D eigenvalue weighted by Crippen LogP contribution is 2.23. The molecule has 0 aliphatic rings. The second-order valence-corrected chi connectivity index (χ2v) is 4.68. The molecular formula is C12H18BrNO2. The zero-order chi connectivity index (χ0) is 12.0. The Hall–Kier alpha value is -0.580. The molecule has 0 saturated heterocycles. The fraction of sp³-hybridized carbons (Fsp3) is 0.500. The maximum atomic E-state index is 9.15. The van der Waals surface area contributed by atoms with Gasteiger partial charge in [0.2, 0.25) is 0 Å². The van der Waals surface area contributed by atoms with Crippen LogP contribution >= 0.6 is 15.9 Å². The molecule has 90 valence electrons. The summed E-state index contributed by atoms with van der Waals surface area (Å²) in [6.07, 6.45) is 0.331. The van der Waals surface area contributed by atoms with E-state index < -0.39 is 0 Å². The summed E-state index contributed by atoms with van der Waals surface area (Å²) in [5, 5.41) is 12.2. The minimum atomic E-state index is -0.316. The monoisotopic (exact) mass is 287 g/mol. The van der Waals surface area contributed by atoms with Gasteiger partial charge in [-0.3, -0.25) is 0 Å². The topological polar surface area (TPSA) is 41.5 Å². The van der Waals surface area contributed by atoms with Gasteiger partial charge in [-0.05, 0) is 32.2 Å². The third kappa shape index (κ3) is 4.51. The van der Waals surface area contributed by atoms with Crippen LogP contribution in [0.1, 0.15) is 18.9 Å². The first-order valence-electron chi connectivity index (χ1n) is 5.37. The average Bonchev–Trinajstić information content (AvgIpc) is 2.21. The smallest absolute Gasteiger partial charge is 0.123 e. The fourth-order valence-electron chi connectivity index (χ4n) is 1.36. The molecule has 16 heavy (non-hydrogen) atoms. The Kier molecular flexibility index (Phi) is 5.80. The molecule has 4 heteroatoms. The molecule has 0 aliphatic carbocycles. The molecule has 0 radical (unpaired) electrons. The summed E-state index contributed by atoms with van der Waals surface area (Å²) in [5.41, 5.74) is 1.11. The summed E-state index contributed by atoms with van der Waals surface area (Å²) < 4.78 is 6.68. The van der Waals surface area contributed by atoms with Crippen LogP contribution < -0.4 is 10.1 Å². The van der Waals surface area contributed by atoms with Gasteiger partial charge in [0.15, 0.2) is 0 Å². The summed E-state index contributed by atoms with van der Waals surface area (Å²) in [6, 6.07) is 5.93. The number of ether oxygens (including phenoxy) is 1. The molecule has 3 nitrogen and oxygen atoms in total. The minimum Gasteiger partial charge on any atom is -0.493 e. The van der Waals surface area contributed by atoms with Crippen molar-refractivity contribution in [3.63, 3.8) is 0 Å². The van der Waals surface area contributed by atoms with Crippen molar-refractivity contribution in [1.82, 2.24) is 5.32 Å². The van der Waals surface area contributed by atoms with E-state index in [1.54, 1.807) is 6.92 Å². The number of rotatable bonds is 6. The molecule has 0 spiro atoms. The standard InChI is InChI=1S/C12H18BrNO2/c1-9(15)5-6-16-12-4-3-11(13)7-10(12)8-14-2/h3-4,7,9,14-15H,5-6,8H2,1-2H3. The number of aliphatic hydroxyl groups excluding tert-OH is 1. The molecule has 2 N–H and O–H groups in total. The first-order valence-corrected chi connectivity index (χ1v) is 6.16. The lowest BCUT2D eigenvalue weighted by atomic mass is 10.2. The van der Waals surface area contributed by atoms with E-state index in [2.05, 4.69) is 21.2 Å². The van der Waals surface area contributed by atoms with Gasteiger partial charge < -0.3 is 15.2 Å². The number of benzene rings is 1. The minimum absolute atomic E-state index is 0.316. The summed E-state index contributed by atoms with van der Waals surface area (Å²) in [7, 11) is 1.90. The number of aliphatic hydroxyl groups is 1. The van der Waals surface area contributed by atoms with Crippen LogP contribution in [0.2, 0.25) is 0 Å². The number of nitrogens with one attached hydrogen (secondary N) is 1. The highest BCUT2D eigenvalue weighted by molar-refractivity contribution is 9.10. The lowest BCUT2D eigenvalue weighted by molar-refractivity contribution is 0.155. The lowest BCUT2D eigenvalue weighted by Gasteiger charge is -2.12. The van der Waals surface area contributed by atoms with Crippen molar-refractivity contribution in [2.45, 2.75) is 26.0 Å². The lowest BCUT2D eigenvalue weighted by Crippen LogP contribution is -2.11. The fourth-order valence-corrected chi connectivity index (χ4v) is 1.77. The van der Waals surface area contributed by atoms with E-state index in [-0.39, 0.29) is 6.10 Å². The number of hydrogen-bond donors (Lipinski definition) is 2. The molecule has 0 aliphatic heterocycles.